The molecule has 1 aromatic carbocycles. The van der Waals surface area contributed by atoms with Crippen LogP contribution in [0.2, 0.25) is 0 Å². The van der Waals surface area contributed by atoms with Gasteiger partial charge in [0.25, 0.3) is 0 Å². The van der Waals surface area contributed by atoms with Crippen LogP contribution >= 0.6 is 0 Å². The second-order valence-electron chi connectivity index (χ2n) is 11.1. The van der Waals surface area contributed by atoms with Crippen molar-refractivity contribution in [1.82, 2.24) is 9.80 Å². The van der Waals surface area contributed by atoms with Crippen molar-refractivity contribution < 1.29 is 13.2 Å². The lowest BCUT2D eigenvalue weighted by Crippen LogP contribution is -2.43. The second kappa shape index (κ2) is 11.5. The highest BCUT2D eigenvalue weighted by atomic mass is 19.4. The molecule has 0 amide bonds. The molecule has 0 N–H and O–H groups in total. The Hall–Kier alpha value is -1.49. The first-order chi connectivity index (χ1) is 16.3. The van der Waals surface area contributed by atoms with Crippen molar-refractivity contribution in [2.75, 3.05) is 26.2 Å². The zero-order valence-corrected chi connectivity index (χ0v) is 21.0. The first-order valence-electron chi connectivity index (χ1n) is 13.7. The minimum Gasteiger partial charge on any atom is -0.375 e. The molecule has 0 radical (unpaired) electrons. The highest BCUT2D eigenvalue weighted by Gasteiger charge is 2.31. The Morgan fingerprint density at radius 1 is 0.941 bits per heavy atom. The lowest BCUT2D eigenvalue weighted by molar-refractivity contribution is -0.127. The molecule has 2 heterocycles. The van der Waals surface area contributed by atoms with Gasteiger partial charge in [-0.15, -0.1) is 0 Å². The topological polar surface area (TPSA) is 6.48 Å². The van der Waals surface area contributed by atoms with Crippen molar-refractivity contribution in [2.24, 2.45) is 11.8 Å². The van der Waals surface area contributed by atoms with Crippen LogP contribution in [0.1, 0.15) is 88.2 Å². The first kappa shape index (κ1) is 25.6. The number of likely N-dealkylation sites (tertiary alicyclic amines) is 2. The summed E-state index contributed by atoms with van der Waals surface area (Å²) in [5.74, 6) is 2.06. The van der Waals surface area contributed by atoms with Crippen LogP contribution in [-0.2, 0) is 6.42 Å². The van der Waals surface area contributed by atoms with Gasteiger partial charge in [0.2, 0.25) is 0 Å². The molecular formula is C29H43F3N2. The molecule has 2 nitrogen and oxygen atoms in total. The summed E-state index contributed by atoms with van der Waals surface area (Å²) in [5.41, 5.74) is 2.85. The van der Waals surface area contributed by atoms with Crippen LogP contribution in [0.5, 0.6) is 0 Å². The Bertz CT molecular complexity index is 768. The van der Waals surface area contributed by atoms with Gasteiger partial charge in [0, 0.05) is 30.7 Å². The number of benzene rings is 1. The number of hydrogen-bond acceptors (Lipinski definition) is 2. The van der Waals surface area contributed by atoms with Crippen LogP contribution in [0.4, 0.5) is 13.2 Å². The van der Waals surface area contributed by atoms with Crippen molar-refractivity contribution in [3.63, 3.8) is 0 Å². The van der Waals surface area contributed by atoms with E-state index >= 15 is 0 Å². The van der Waals surface area contributed by atoms with Crippen LogP contribution in [0, 0.1) is 11.8 Å². The van der Waals surface area contributed by atoms with Crippen LogP contribution in [-0.4, -0.2) is 48.2 Å². The van der Waals surface area contributed by atoms with Crippen molar-refractivity contribution in [1.29, 1.82) is 0 Å². The molecule has 1 atom stereocenters. The molecule has 0 bridgehead atoms. The number of halogens is 3. The average Bonchev–Trinajstić information content (AvgIpc) is 3.66. The summed E-state index contributed by atoms with van der Waals surface area (Å²) in [5, 5.41) is 0. The average molecular weight is 477 g/mol. The molecule has 3 fully saturated rings. The van der Waals surface area contributed by atoms with E-state index in [1.165, 1.54) is 75.7 Å². The zero-order chi connectivity index (χ0) is 24.1. The summed E-state index contributed by atoms with van der Waals surface area (Å²) in [6.07, 6.45) is 7.91. The van der Waals surface area contributed by atoms with Crippen LogP contribution in [0.15, 0.2) is 36.5 Å². The second-order valence-corrected chi connectivity index (χ2v) is 11.1. The van der Waals surface area contributed by atoms with Gasteiger partial charge < -0.3 is 9.80 Å². The summed E-state index contributed by atoms with van der Waals surface area (Å²) in [6, 6.07) is 7.89. The van der Waals surface area contributed by atoms with E-state index in [2.05, 4.69) is 23.3 Å². The maximum Gasteiger partial charge on any atom is 0.393 e. The minimum absolute atomic E-state index is 0.349. The van der Waals surface area contributed by atoms with E-state index < -0.39 is 12.6 Å². The van der Waals surface area contributed by atoms with Gasteiger partial charge in [-0.2, -0.15) is 13.2 Å². The van der Waals surface area contributed by atoms with Gasteiger partial charge in [0.05, 0.1) is 6.42 Å². The predicted molar refractivity (Wildman–Crippen MR) is 134 cm³/mol. The Morgan fingerprint density at radius 3 is 2.15 bits per heavy atom. The minimum atomic E-state index is -4.14. The number of piperidine rings is 2. The van der Waals surface area contributed by atoms with Crippen LogP contribution in [0.25, 0.3) is 0 Å². The van der Waals surface area contributed by atoms with Crippen molar-refractivity contribution in [3.05, 3.63) is 47.7 Å². The molecule has 34 heavy (non-hydrogen) atoms. The maximum absolute atomic E-state index is 12.6. The first-order valence-corrected chi connectivity index (χ1v) is 13.7. The third kappa shape index (κ3) is 7.26. The van der Waals surface area contributed by atoms with Gasteiger partial charge in [-0.1, -0.05) is 57.0 Å². The summed E-state index contributed by atoms with van der Waals surface area (Å²) in [4.78, 5) is 5.26. The zero-order valence-electron chi connectivity index (χ0n) is 21.0. The molecule has 5 heteroatoms. The van der Waals surface area contributed by atoms with Gasteiger partial charge in [-0.3, -0.25) is 0 Å². The monoisotopic (exact) mass is 476 g/mol. The summed E-state index contributed by atoms with van der Waals surface area (Å²) in [7, 11) is 0. The number of allylic oxidation sites excluding steroid dienone is 1. The Balaban J connectivity index is 1.21. The normalized spacial score (nSPS) is 22.2. The van der Waals surface area contributed by atoms with E-state index in [4.69, 9.17) is 0 Å². The number of alkyl halides is 3. The third-order valence-electron chi connectivity index (χ3n) is 8.50. The number of nitrogens with zero attached hydrogens (tertiary/aromatic N) is 2. The largest absolute Gasteiger partial charge is 0.393 e. The van der Waals surface area contributed by atoms with E-state index in [9.17, 15) is 13.2 Å². The highest BCUT2D eigenvalue weighted by Crippen LogP contribution is 2.37. The fourth-order valence-electron chi connectivity index (χ4n) is 6.17. The van der Waals surface area contributed by atoms with Crippen LogP contribution < -0.4 is 0 Å². The van der Waals surface area contributed by atoms with Crippen molar-refractivity contribution in [2.45, 2.75) is 95.7 Å². The van der Waals surface area contributed by atoms with E-state index in [1.807, 2.05) is 12.1 Å². The number of hydrogen-bond donors (Lipinski definition) is 0. The fourth-order valence-corrected chi connectivity index (χ4v) is 6.17. The van der Waals surface area contributed by atoms with Crippen molar-refractivity contribution >= 4 is 0 Å². The molecular weight excluding hydrogens is 433 g/mol. The number of rotatable bonds is 10. The Morgan fingerprint density at radius 2 is 1.59 bits per heavy atom. The molecule has 0 aromatic heterocycles. The Kier molecular flexibility index (Phi) is 8.66. The smallest absolute Gasteiger partial charge is 0.375 e. The fraction of sp³-hybridized carbons (Fsp3) is 0.724. The van der Waals surface area contributed by atoms with Gasteiger partial charge in [-0.25, -0.2) is 0 Å². The lowest BCUT2D eigenvalue weighted by Gasteiger charge is -2.42. The van der Waals surface area contributed by atoms with Crippen molar-refractivity contribution in [3.8, 4) is 0 Å². The molecule has 2 aliphatic heterocycles. The molecule has 0 spiro atoms. The van der Waals surface area contributed by atoms with E-state index in [0.29, 0.717) is 17.4 Å². The quantitative estimate of drug-likeness (QED) is 0.344. The third-order valence-corrected chi connectivity index (χ3v) is 8.50. The van der Waals surface area contributed by atoms with Crippen LogP contribution in [0.3, 0.4) is 0 Å². The summed E-state index contributed by atoms with van der Waals surface area (Å²) >= 11 is 0. The lowest BCUT2D eigenvalue weighted by atomic mass is 9.86. The molecule has 190 valence electrons. The van der Waals surface area contributed by atoms with Gasteiger partial charge >= 0.3 is 6.18 Å². The SMILES string of the molecule is C=C(C1CCN(C(CCC)CCC2CC2)CC1)N1CCC(c2ccc(CC(F)(F)F)cc2)CC1. The molecule has 4 rings (SSSR count). The van der Waals surface area contributed by atoms with E-state index in [-0.39, 0.29) is 0 Å². The molecule has 1 unspecified atom stereocenters. The van der Waals surface area contributed by atoms with Gasteiger partial charge in [-0.05, 0) is 81.0 Å². The van der Waals surface area contributed by atoms with Gasteiger partial charge in [0.1, 0.15) is 0 Å². The standard InChI is InChI=1S/C29H43F3N2/c1-3-4-28(12-9-23-5-6-23)34-19-13-25(14-20-34)22(2)33-17-15-27(16-18-33)26-10-7-24(8-11-26)21-29(30,31)32/h7-8,10-11,23,25,27-28H,2-6,9,12-21H2,1H3. The van der Waals surface area contributed by atoms with E-state index in [1.54, 1.807) is 12.1 Å². The molecule has 2 saturated heterocycles. The summed E-state index contributed by atoms with van der Waals surface area (Å²) in [6.45, 7) is 11.3. The summed E-state index contributed by atoms with van der Waals surface area (Å²) < 4.78 is 37.8. The molecule has 1 aliphatic carbocycles. The van der Waals surface area contributed by atoms with Gasteiger partial charge in [0.15, 0.2) is 0 Å². The van der Waals surface area contributed by atoms with E-state index in [0.717, 1.165) is 37.9 Å². The maximum atomic E-state index is 12.6. The Labute approximate surface area is 204 Å². The predicted octanol–water partition coefficient (Wildman–Crippen LogP) is 7.56. The highest BCUT2D eigenvalue weighted by molar-refractivity contribution is 5.26. The molecule has 1 saturated carbocycles. The molecule has 3 aliphatic rings. The molecule has 1 aromatic rings.